The van der Waals surface area contributed by atoms with Crippen molar-refractivity contribution in [3.05, 3.63) is 46.4 Å². The van der Waals surface area contributed by atoms with Crippen molar-refractivity contribution >= 4 is 28.7 Å². The zero-order chi connectivity index (χ0) is 16.5. The first-order valence-electron chi connectivity index (χ1n) is 7.69. The van der Waals surface area contributed by atoms with Crippen LogP contribution in [0.1, 0.15) is 41.0 Å². The van der Waals surface area contributed by atoms with Gasteiger partial charge in [0.25, 0.3) is 5.91 Å². The van der Waals surface area contributed by atoms with Crippen LogP contribution in [0.4, 0.5) is 5.69 Å². The fraction of sp³-hybridized carbons (Fsp3) is 0.353. The molecule has 0 aliphatic carbocycles. The lowest BCUT2D eigenvalue weighted by Gasteiger charge is -2.05. The van der Waals surface area contributed by atoms with Gasteiger partial charge < -0.3 is 11.1 Å². The maximum absolute atomic E-state index is 11.9. The van der Waals surface area contributed by atoms with Crippen molar-refractivity contribution in [1.82, 2.24) is 10.3 Å². The maximum atomic E-state index is 11.9. The zero-order valence-corrected chi connectivity index (χ0v) is 13.8. The molecule has 6 heteroatoms. The Balaban J connectivity index is 1.56. The molecule has 122 valence electrons. The Bertz CT molecular complexity index is 641. The second kappa shape index (κ2) is 9.05. The molecule has 0 aliphatic heterocycles. The Hall–Kier alpha value is -2.21. The molecule has 0 fully saturated rings. The van der Waals surface area contributed by atoms with Crippen LogP contribution < -0.4 is 11.1 Å². The summed E-state index contributed by atoms with van der Waals surface area (Å²) in [5.74, 6) is 0.0744. The summed E-state index contributed by atoms with van der Waals surface area (Å²) in [6, 6.07) is 7.46. The van der Waals surface area contributed by atoms with E-state index in [-0.39, 0.29) is 11.7 Å². The molecule has 0 unspecified atom stereocenters. The van der Waals surface area contributed by atoms with Gasteiger partial charge in [-0.15, -0.1) is 11.3 Å². The number of hydrogen-bond acceptors (Lipinski definition) is 5. The van der Waals surface area contributed by atoms with Crippen molar-refractivity contribution in [1.29, 1.82) is 0 Å². The molecule has 3 N–H and O–H groups in total. The molecule has 0 radical (unpaired) electrons. The van der Waals surface area contributed by atoms with E-state index in [0.717, 1.165) is 24.8 Å². The van der Waals surface area contributed by atoms with Gasteiger partial charge >= 0.3 is 0 Å². The lowest BCUT2D eigenvalue weighted by Crippen LogP contribution is -2.24. The van der Waals surface area contributed by atoms with E-state index in [1.54, 1.807) is 11.6 Å². The van der Waals surface area contributed by atoms with Crippen molar-refractivity contribution in [2.45, 2.75) is 32.1 Å². The van der Waals surface area contributed by atoms with Crippen LogP contribution in [0.25, 0.3) is 0 Å². The van der Waals surface area contributed by atoms with Gasteiger partial charge in [-0.1, -0.05) is 24.6 Å². The van der Waals surface area contributed by atoms with E-state index < -0.39 is 0 Å². The van der Waals surface area contributed by atoms with Gasteiger partial charge in [-0.3, -0.25) is 9.59 Å². The molecular weight excluding hydrogens is 310 g/mol. The summed E-state index contributed by atoms with van der Waals surface area (Å²) in [5, 5.41) is 5.09. The normalized spacial score (nSPS) is 10.4. The smallest absolute Gasteiger partial charge is 0.280 e. The summed E-state index contributed by atoms with van der Waals surface area (Å²) in [6.07, 6.45) is 5.16. The van der Waals surface area contributed by atoms with E-state index >= 15 is 0 Å². The molecular formula is C17H21N3O2S. The van der Waals surface area contributed by atoms with Crippen LogP contribution in [-0.4, -0.2) is 23.2 Å². The largest absolute Gasteiger partial charge is 0.398 e. The van der Waals surface area contributed by atoms with Gasteiger partial charge in [0.15, 0.2) is 5.01 Å². The monoisotopic (exact) mass is 331 g/mol. The lowest BCUT2D eigenvalue weighted by molar-refractivity contribution is -0.118. The Labute approximate surface area is 139 Å². The standard InChI is InChI=1S/C17H21N3O2S/c18-15-8-4-3-6-13(15)12-14(21)7-2-1-5-9-19-16(22)17-20-10-11-23-17/h3-4,6,8,10-11H,1-2,5,7,9,12,18H2,(H,19,22). The number of nitrogens with zero attached hydrogens (tertiary/aromatic N) is 1. The summed E-state index contributed by atoms with van der Waals surface area (Å²) >= 11 is 1.33. The van der Waals surface area contributed by atoms with Gasteiger partial charge in [0.2, 0.25) is 0 Å². The molecule has 2 aromatic rings. The van der Waals surface area contributed by atoms with Crippen LogP contribution in [-0.2, 0) is 11.2 Å². The second-order valence-electron chi connectivity index (χ2n) is 5.32. The van der Waals surface area contributed by atoms with Gasteiger partial charge in [0, 0.05) is 36.7 Å². The van der Waals surface area contributed by atoms with Crippen LogP contribution in [0, 0.1) is 0 Å². The molecule has 1 aromatic carbocycles. The average molecular weight is 331 g/mol. The number of ketones is 1. The Morgan fingerprint density at radius 1 is 1.17 bits per heavy atom. The van der Waals surface area contributed by atoms with E-state index in [4.69, 9.17) is 5.73 Å². The maximum Gasteiger partial charge on any atom is 0.280 e. The minimum Gasteiger partial charge on any atom is -0.398 e. The quantitative estimate of drug-likeness (QED) is 0.546. The molecule has 0 spiro atoms. The van der Waals surface area contributed by atoms with Gasteiger partial charge in [0.05, 0.1) is 0 Å². The number of unbranched alkanes of at least 4 members (excludes halogenated alkanes) is 2. The SMILES string of the molecule is Nc1ccccc1CC(=O)CCCCCNC(=O)c1nccs1. The number of carbonyl (C=O) groups is 2. The summed E-state index contributed by atoms with van der Waals surface area (Å²) in [7, 11) is 0. The van der Waals surface area contributed by atoms with Crippen LogP contribution in [0.15, 0.2) is 35.8 Å². The molecule has 0 saturated carbocycles. The first kappa shape index (κ1) is 17.1. The van der Waals surface area contributed by atoms with Gasteiger partial charge in [-0.25, -0.2) is 4.98 Å². The molecule has 0 bridgehead atoms. The number of para-hydroxylation sites is 1. The van der Waals surface area contributed by atoms with E-state index in [9.17, 15) is 9.59 Å². The van der Waals surface area contributed by atoms with E-state index in [0.29, 0.717) is 30.1 Å². The predicted molar refractivity (Wildman–Crippen MR) is 92.5 cm³/mol. The average Bonchev–Trinajstić information content (AvgIpc) is 3.07. The number of nitrogens with two attached hydrogens (primary N) is 1. The van der Waals surface area contributed by atoms with Crippen molar-refractivity contribution in [2.24, 2.45) is 0 Å². The van der Waals surface area contributed by atoms with E-state index in [2.05, 4.69) is 10.3 Å². The zero-order valence-electron chi connectivity index (χ0n) is 13.0. The number of anilines is 1. The Kier molecular flexibility index (Phi) is 6.75. The second-order valence-corrected chi connectivity index (χ2v) is 6.21. The first-order chi connectivity index (χ1) is 11.2. The number of thiazole rings is 1. The highest BCUT2D eigenvalue weighted by Gasteiger charge is 2.08. The Morgan fingerprint density at radius 3 is 2.74 bits per heavy atom. The summed E-state index contributed by atoms with van der Waals surface area (Å²) in [6.45, 7) is 0.609. The highest BCUT2D eigenvalue weighted by Crippen LogP contribution is 2.13. The third-order valence-electron chi connectivity index (χ3n) is 3.49. The highest BCUT2D eigenvalue weighted by atomic mass is 32.1. The molecule has 0 atom stereocenters. The molecule has 1 aromatic heterocycles. The van der Waals surface area contributed by atoms with Crippen LogP contribution in [0.2, 0.25) is 0 Å². The number of amides is 1. The number of Topliss-reactive ketones (excluding diaryl/α,β-unsaturated/α-hetero) is 1. The molecule has 2 rings (SSSR count). The minimum atomic E-state index is -0.129. The van der Waals surface area contributed by atoms with E-state index in [1.165, 1.54) is 11.3 Å². The molecule has 1 amide bonds. The number of nitrogens with one attached hydrogen (secondary N) is 1. The predicted octanol–water partition coefficient (Wildman–Crippen LogP) is 2.83. The number of rotatable bonds is 9. The summed E-state index contributed by atoms with van der Waals surface area (Å²) in [5.41, 5.74) is 7.40. The molecule has 0 aliphatic rings. The highest BCUT2D eigenvalue weighted by molar-refractivity contribution is 7.11. The summed E-state index contributed by atoms with van der Waals surface area (Å²) in [4.78, 5) is 27.5. The first-order valence-corrected chi connectivity index (χ1v) is 8.57. The summed E-state index contributed by atoms with van der Waals surface area (Å²) < 4.78 is 0. The Morgan fingerprint density at radius 2 is 2.00 bits per heavy atom. The van der Waals surface area contributed by atoms with Crippen LogP contribution >= 0.6 is 11.3 Å². The molecule has 1 heterocycles. The lowest BCUT2D eigenvalue weighted by atomic mass is 10.0. The third-order valence-corrected chi connectivity index (χ3v) is 4.26. The van der Waals surface area contributed by atoms with Gasteiger partial charge in [0.1, 0.15) is 5.78 Å². The topological polar surface area (TPSA) is 85.1 Å². The van der Waals surface area contributed by atoms with Crippen LogP contribution in [0.5, 0.6) is 0 Å². The van der Waals surface area contributed by atoms with Crippen LogP contribution in [0.3, 0.4) is 0 Å². The fourth-order valence-corrected chi connectivity index (χ4v) is 2.78. The minimum absolute atomic E-state index is 0.129. The molecule has 0 saturated heterocycles. The number of carbonyl (C=O) groups excluding carboxylic acids is 2. The van der Waals surface area contributed by atoms with E-state index in [1.807, 2.05) is 24.3 Å². The van der Waals surface area contributed by atoms with Crippen molar-refractivity contribution in [3.8, 4) is 0 Å². The van der Waals surface area contributed by atoms with Crippen molar-refractivity contribution in [3.63, 3.8) is 0 Å². The molecule has 23 heavy (non-hydrogen) atoms. The fourth-order valence-electron chi connectivity index (χ4n) is 2.23. The number of nitrogen functional groups attached to an aromatic ring is 1. The molecule has 5 nitrogen and oxygen atoms in total. The van der Waals surface area contributed by atoms with Crippen molar-refractivity contribution < 1.29 is 9.59 Å². The number of aromatic nitrogens is 1. The number of hydrogen-bond donors (Lipinski definition) is 2. The van der Waals surface area contributed by atoms with Gasteiger partial charge in [-0.05, 0) is 24.5 Å². The van der Waals surface area contributed by atoms with Crippen molar-refractivity contribution in [2.75, 3.05) is 12.3 Å². The third kappa shape index (κ3) is 5.83. The van der Waals surface area contributed by atoms with Gasteiger partial charge in [-0.2, -0.15) is 0 Å². The number of benzene rings is 1.